The molecule has 1 atom stereocenters. The second-order valence-corrected chi connectivity index (χ2v) is 8.90. The summed E-state index contributed by atoms with van der Waals surface area (Å²) in [6, 6.07) is 35.8. The summed E-state index contributed by atoms with van der Waals surface area (Å²) in [5.41, 5.74) is 4.30. The largest absolute Gasteiger partial charge is 0.491 e. The molecule has 4 aromatic rings. The van der Waals surface area contributed by atoms with E-state index in [9.17, 15) is 4.79 Å². The molecule has 4 aromatic carbocycles. The quantitative estimate of drug-likeness (QED) is 0.399. The highest BCUT2D eigenvalue weighted by Crippen LogP contribution is 2.26. The van der Waals surface area contributed by atoms with Crippen LogP contribution in [0.1, 0.15) is 16.7 Å². The average Bonchev–Trinajstić information content (AvgIpc) is 2.96. The second kappa shape index (κ2) is 11.5. The molecular weight excluding hydrogens is 448 g/mol. The van der Waals surface area contributed by atoms with Crippen molar-refractivity contribution < 1.29 is 14.3 Å². The molecular formula is C31H30N2O3. The van der Waals surface area contributed by atoms with Crippen LogP contribution in [0.25, 0.3) is 0 Å². The van der Waals surface area contributed by atoms with Crippen LogP contribution in [0.15, 0.2) is 109 Å². The van der Waals surface area contributed by atoms with Crippen LogP contribution in [0.2, 0.25) is 0 Å². The van der Waals surface area contributed by atoms with E-state index in [1.54, 1.807) is 0 Å². The summed E-state index contributed by atoms with van der Waals surface area (Å²) in [6.45, 7) is 1.44. The molecule has 0 bridgehead atoms. The molecule has 0 unspecified atom stereocenters. The number of hydrogen-bond donors (Lipinski definition) is 1. The molecule has 1 heterocycles. The van der Waals surface area contributed by atoms with E-state index < -0.39 is 0 Å². The van der Waals surface area contributed by atoms with Gasteiger partial charge in [-0.2, -0.15) is 0 Å². The van der Waals surface area contributed by atoms with E-state index in [2.05, 4.69) is 35.6 Å². The van der Waals surface area contributed by atoms with E-state index in [0.29, 0.717) is 31.9 Å². The van der Waals surface area contributed by atoms with Crippen LogP contribution in [0, 0.1) is 0 Å². The summed E-state index contributed by atoms with van der Waals surface area (Å²) >= 11 is 0. The molecule has 5 nitrogen and oxygen atoms in total. The first-order chi connectivity index (χ1) is 17.8. The molecule has 36 heavy (non-hydrogen) atoms. The minimum absolute atomic E-state index is 0.0402. The number of anilines is 1. The number of para-hydroxylation sites is 3. The predicted molar refractivity (Wildman–Crippen MR) is 142 cm³/mol. The lowest BCUT2D eigenvalue weighted by Crippen LogP contribution is -2.46. The van der Waals surface area contributed by atoms with Crippen molar-refractivity contribution in [2.75, 3.05) is 18.5 Å². The zero-order chi connectivity index (χ0) is 24.6. The summed E-state index contributed by atoms with van der Waals surface area (Å²) < 4.78 is 12.2. The number of ether oxygens (including phenoxy) is 2. The Balaban J connectivity index is 1.49. The SMILES string of the molecule is O=C(COc1ccccc1)N1Cc2ccccc2NCc2ccccc2OC[C@@H]1Cc1ccccc1. The van der Waals surface area contributed by atoms with Gasteiger partial charge in [-0.1, -0.05) is 84.9 Å². The molecule has 1 aliphatic rings. The summed E-state index contributed by atoms with van der Waals surface area (Å²) in [4.78, 5) is 15.6. The summed E-state index contributed by atoms with van der Waals surface area (Å²) in [7, 11) is 0. The molecule has 0 fully saturated rings. The molecule has 5 heteroatoms. The molecule has 0 aromatic heterocycles. The van der Waals surface area contributed by atoms with Gasteiger partial charge in [0.1, 0.15) is 18.1 Å². The van der Waals surface area contributed by atoms with Gasteiger partial charge in [-0.15, -0.1) is 0 Å². The Labute approximate surface area is 212 Å². The van der Waals surface area contributed by atoms with Crippen molar-refractivity contribution in [2.45, 2.75) is 25.6 Å². The van der Waals surface area contributed by atoms with Gasteiger partial charge in [-0.05, 0) is 41.8 Å². The van der Waals surface area contributed by atoms with Gasteiger partial charge < -0.3 is 19.7 Å². The fourth-order valence-corrected chi connectivity index (χ4v) is 4.49. The van der Waals surface area contributed by atoms with Gasteiger partial charge in [-0.3, -0.25) is 4.79 Å². The lowest BCUT2D eigenvalue weighted by atomic mass is 10.0. The van der Waals surface area contributed by atoms with E-state index in [-0.39, 0.29) is 18.6 Å². The monoisotopic (exact) mass is 478 g/mol. The van der Waals surface area contributed by atoms with Crippen molar-refractivity contribution in [1.82, 2.24) is 4.90 Å². The van der Waals surface area contributed by atoms with Crippen LogP contribution in [0.3, 0.4) is 0 Å². The molecule has 182 valence electrons. The van der Waals surface area contributed by atoms with E-state index >= 15 is 0 Å². The highest BCUT2D eigenvalue weighted by Gasteiger charge is 2.27. The Morgan fingerprint density at radius 1 is 0.833 bits per heavy atom. The second-order valence-electron chi connectivity index (χ2n) is 8.90. The van der Waals surface area contributed by atoms with Crippen LogP contribution in [-0.4, -0.2) is 30.1 Å². The van der Waals surface area contributed by atoms with E-state index in [4.69, 9.17) is 9.47 Å². The molecule has 0 spiro atoms. The fourth-order valence-electron chi connectivity index (χ4n) is 4.49. The first-order valence-corrected chi connectivity index (χ1v) is 12.3. The van der Waals surface area contributed by atoms with E-state index in [0.717, 1.165) is 28.1 Å². The first-order valence-electron chi connectivity index (χ1n) is 12.3. The third kappa shape index (κ3) is 5.87. The van der Waals surface area contributed by atoms with Gasteiger partial charge in [0, 0.05) is 24.3 Å². The standard InChI is InChI=1S/C31H30N2O3/c34-31(23-35-28-15-5-2-6-16-28)33-21-26-14-7-9-17-29(26)32-20-25-13-8-10-18-30(25)36-22-27(33)19-24-11-3-1-4-12-24/h1-18,27,32H,19-23H2/t27-/m0/s1. The number of rotatable bonds is 5. The van der Waals surface area contributed by atoms with E-state index in [1.807, 2.05) is 83.8 Å². The Hall–Kier alpha value is -4.25. The lowest BCUT2D eigenvalue weighted by Gasteiger charge is -2.32. The van der Waals surface area contributed by atoms with Crippen LogP contribution >= 0.6 is 0 Å². The highest BCUT2D eigenvalue weighted by molar-refractivity contribution is 5.78. The van der Waals surface area contributed by atoms with Gasteiger partial charge in [0.05, 0.1) is 6.04 Å². The van der Waals surface area contributed by atoms with Gasteiger partial charge in [-0.25, -0.2) is 0 Å². The highest BCUT2D eigenvalue weighted by atomic mass is 16.5. The van der Waals surface area contributed by atoms with Crippen molar-refractivity contribution in [2.24, 2.45) is 0 Å². The van der Waals surface area contributed by atoms with Crippen molar-refractivity contribution in [3.63, 3.8) is 0 Å². The van der Waals surface area contributed by atoms with Crippen LogP contribution < -0.4 is 14.8 Å². The van der Waals surface area contributed by atoms with Gasteiger partial charge >= 0.3 is 0 Å². The smallest absolute Gasteiger partial charge is 0.261 e. The zero-order valence-electron chi connectivity index (χ0n) is 20.2. The van der Waals surface area contributed by atoms with Crippen LogP contribution in [0.4, 0.5) is 5.69 Å². The Bertz CT molecular complexity index is 1280. The first kappa shape index (κ1) is 23.5. The molecule has 0 saturated carbocycles. The number of benzene rings is 4. The summed E-state index contributed by atoms with van der Waals surface area (Å²) in [5.74, 6) is 1.43. The number of nitrogens with zero attached hydrogens (tertiary/aromatic N) is 1. The van der Waals surface area contributed by atoms with Gasteiger partial charge in [0.15, 0.2) is 6.61 Å². The number of carbonyl (C=O) groups excluding carboxylic acids is 1. The fraction of sp³-hybridized carbons (Fsp3) is 0.194. The Morgan fingerprint density at radius 2 is 1.50 bits per heavy atom. The lowest BCUT2D eigenvalue weighted by molar-refractivity contribution is -0.137. The zero-order valence-corrected chi connectivity index (χ0v) is 20.2. The normalized spacial score (nSPS) is 15.3. The van der Waals surface area contributed by atoms with Gasteiger partial charge in [0.25, 0.3) is 5.91 Å². The molecule has 0 radical (unpaired) electrons. The number of hydrogen-bond acceptors (Lipinski definition) is 4. The number of fused-ring (bicyclic) bond motifs is 2. The summed E-state index contributed by atoms with van der Waals surface area (Å²) in [5, 5.41) is 3.55. The topological polar surface area (TPSA) is 50.8 Å². The third-order valence-electron chi connectivity index (χ3n) is 6.41. The third-order valence-corrected chi connectivity index (χ3v) is 6.41. The van der Waals surface area contributed by atoms with Gasteiger partial charge in [0.2, 0.25) is 0 Å². The van der Waals surface area contributed by atoms with Crippen molar-refractivity contribution >= 4 is 11.6 Å². The molecule has 1 amide bonds. The average molecular weight is 479 g/mol. The maximum Gasteiger partial charge on any atom is 0.261 e. The molecule has 1 N–H and O–H groups in total. The molecule has 0 saturated heterocycles. The predicted octanol–water partition coefficient (Wildman–Crippen LogP) is 5.71. The molecule has 0 aliphatic carbocycles. The molecule has 5 rings (SSSR count). The van der Waals surface area contributed by atoms with Crippen LogP contribution in [-0.2, 0) is 24.3 Å². The van der Waals surface area contributed by atoms with Crippen molar-refractivity contribution in [1.29, 1.82) is 0 Å². The number of carbonyl (C=O) groups is 1. The van der Waals surface area contributed by atoms with E-state index in [1.165, 1.54) is 0 Å². The summed E-state index contributed by atoms with van der Waals surface area (Å²) in [6.07, 6.45) is 0.676. The maximum absolute atomic E-state index is 13.7. The van der Waals surface area contributed by atoms with Crippen molar-refractivity contribution in [3.8, 4) is 11.5 Å². The number of nitrogens with one attached hydrogen (secondary N) is 1. The Kier molecular flexibility index (Phi) is 7.47. The molecule has 1 aliphatic heterocycles. The minimum atomic E-state index is -0.182. The minimum Gasteiger partial charge on any atom is -0.491 e. The maximum atomic E-state index is 13.7. The Morgan fingerprint density at radius 3 is 2.31 bits per heavy atom. The van der Waals surface area contributed by atoms with Crippen LogP contribution in [0.5, 0.6) is 11.5 Å². The number of amides is 1. The van der Waals surface area contributed by atoms with Crippen molar-refractivity contribution in [3.05, 3.63) is 126 Å².